The Kier molecular flexibility index (Phi) is 4.20. The molecule has 1 nitrogen and oxygen atoms in total. The van der Waals surface area contributed by atoms with Gasteiger partial charge < -0.3 is 0 Å². The fourth-order valence-corrected chi connectivity index (χ4v) is 2.50. The van der Waals surface area contributed by atoms with Crippen molar-refractivity contribution in [1.29, 1.82) is 0 Å². The third kappa shape index (κ3) is 2.38. The second-order valence-corrected chi connectivity index (χ2v) is 4.32. The summed E-state index contributed by atoms with van der Waals surface area (Å²) < 4.78 is 0. The lowest BCUT2D eigenvalue weighted by Crippen LogP contribution is -2.26. The van der Waals surface area contributed by atoms with Gasteiger partial charge in [0.15, 0.2) is 0 Å². The van der Waals surface area contributed by atoms with E-state index in [-0.39, 0.29) is 5.41 Å². The van der Waals surface area contributed by atoms with Gasteiger partial charge in [-0.3, -0.25) is 4.79 Å². The van der Waals surface area contributed by atoms with Crippen molar-refractivity contribution < 1.29 is 4.79 Å². The standard InChI is InChI=1S/C13H20O/c1-3-5-6-9-12(14)13(4-2)10-7-8-11-13/h1H,4-11H2,2H3. The van der Waals surface area contributed by atoms with E-state index in [4.69, 9.17) is 6.42 Å². The first-order valence-corrected chi connectivity index (χ1v) is 5.72. The van der Waals surface area contributed by atoms with E-state index in [1.807, 2.05) is 0 Å². The summed E-state index contributed by atoms with van der Waals surface area (Å²) >= 11 is 0. The van der Waals surface area contributed by atoms with Crippen molar-refractivity contribution in [1.82, 2.24) is 0 Å². The number of carbonyl (C=O) groups excluding carboxylic acids is 1. The molecule has 1 rings (SSSR count). The summed E-state index contributed by atoms with van der Waals surface area (Å²) in [5.41, 5.74) is 0.0363. The lowest BCUT2D eigenvalue weighted by molar-refractivity contribution is -0.128. The van der Waals surface area contributed by atoms with Crippen molar-refractivity contribution in [2.75, 3.05) is 0 Å². The van der Waals surface area contributed by atoms with E-state index in [0.29, 0.717) is 12.2 Å². The van der Waals surface area contributed by atoms with E-state index < -0.39 is 0 Å². The van der Waals surface area contributed by atoms with Crippen LogP contribution in [0.25, 0.3) is 0 Å². The molecule has 0 aromatic heterocycles. The van der Waals surface area contributed by atoms with E-state index in [1.165, 1.54) is 12.8 Å². The van der Waals surface area contributed by atoms with Crippen LogP contribution in [-0.2, 0) is 4.79 Å². The number of carbonyl (C=O) groups is 1. The van der Waals surface area contributed by atoms with Crippen LogP contribution in [0.3, 0.4) is 0 Å². The molecular formula is C13H20O. The molecule has 0 heterocycles. The zero-order valence-corrected chi connectivity index (χ0v) is 9.14. The maximum Gasteiger partial charge on any atom is 0.139 e. The average Bonchev–Trinajstić information content (AvgIpc) is 2.67. The van der Waals surface area contributed by atoms with Crippen LogP contribution in [-0.4, -0.2) is 5.78 Å². The molecular weight excluding hydrogens is 172 g/mol. The smallest absolute Gasteiger partial charge is 0.139 e. The van der Waals surface area contributed by atoms with Crippen LogP contribution in [0.15, 0.2) is 0 Å². The monoisotopic (exact) mass is 192 g/mol. The van der Waals surface area contributed by atoms with E-state index in [9.17, 15) is 4.79 Å². The van der Waals surface area contributed by atoms with Crippen molar-refractivity contribution in [3.05, 3.63) is 0 Å². The molecule has 1 saturated carbocycles. The summed E-state index contributed by atoms with van der Waals surface area (Å²) in [7, 11) is 0. The van der Waals surface area contributed by atoms with Gasteiger partial charge in [0.25, 0.3) is 0 Å². The molecule has 1 aliphatic carbocycles. The molecule has 78 valence electrons. The number of terminal acetylenes is 1. The molecule has 0 spiro atoms. The van der Waals surface area contributed by atoms with Gasteiger partial charge >= 0.3 is 0 Å². The first-order chi connectivity index (χ1) is 6.75. The molecule has 0 aromatic carbocycles. The lowest BCUT2D eigenvalue weighted by Gasteiger charge is -2.25. The van der Waals surface area contributed by atoms with Gasteiger partial charge in [-0.2, -0.15) is 0 Å². The summed E-state index contributed by atoms with van der Waals surface area (Å²) in [6.07, 6.45) is 13.2. The first kappa shape index (κ1) is 11.3. The molecule has 0 amide bonds. The van der Waals surface area contributed by atoms with E-state index >= 15 is 0 Å². The average molecular weight is 192 g/mol. The van der Waals surface area contributed by atoms with E-state index in [2.05, 4.69) is 12.8 Å². The second-order valence-electron chi connectivity index (χ2n) is 4.32. The normalized spacial score (nSPS) is 19.1. The molecule has 1 fully saturated rings. The summed E-state index contributed by atoms with van der Waals surface area (Å²) in [6, 6.07) is 0. The number of hydrogen-bond donors (Lipinski definition) is 0. The van der Waals surface area contributed by atoms with Crippen LogP contribution in [0.5, 0.6) is 0 Å². The highest BCUT2D eigenvalue weighted by atomic mass is 16.1. The molecule has 0 N–H and O–H groups in total. The predicted octanol–water partition coefficient (Wildman–Crippen LogP) is 3.33. The first-order valence-electron chi connectivity index (χ1n) is 5.72. The number of Topliss-reactive ketones (excluding diaryl/α,β-unsaturated/α-hetero) is 1. The number of hydrogen-bond acceptors (Lipinski definition) is 1. The third-order valence-electron chi connectivity index (χ3n) is 3.55. The summed E-state index contributed by atoms with van der Waals surface area (Å²) in [5.74, 6) is 3.06. The molecule has 1 heteroatoms. The van der Waals surface area contributed by atoms with Gasteiger partial charge in [0, 0.05) is 18.3 Å². The highest BCUT2D eigenvalue weighted by molar-refractivity contribution is 5.85. The van der Waals surface area contributed by atoms with Crippen LogP contribution in [0.4, 0.5) is 0 Å². The van der Waals surface area contributed by atoms with E-state index in [1.54, 1.807) is 0 Å². The van der Waals surface area contributed by atoms with Crippen molar-refractivity contribution in [3.63, 3.8) is 0 Å². The SMILES string of the molecule is C#CCCCC(=O)C1(CC)CCCC1. The molecule has 0 aromatic rings. The Hall–Kier alpha value is -0.770. The Labute approximate surface area is 87.3 Å². The Morgan fingerprint density at radius 1 is 1.43 bits per heavy atom. The van der Waals surface area contributed by atoms with Gasteiger partial charge in [-0.25, -0.2) is 0 Å². The summed E-state index contributed by atoms with van der Waals surface area (Å²) in [4.78, 5) is 12.0. The minimum atomic E-state index is 0.0363. The molecule has 1 aliphatic rings. The zero-order chi connectivity index (χ0) is 10.4. The quantitative estimate of drug-likeness (QED) is 0.482. The molecule has 0 radical (unpaired) electrons. The van der Waals surface area contributed by atoms with Gasteiger partial charge in [-0.1, -0.05) is 19.8 Å². The van der Waals surface area contributed by atoms with Crippen molar-refractivity contribution >= 4 is 5.78 Å². The molecule has 14 heavy (non-hydrogen) atoms. The Morgan fingerprint density at radius 2 is 2.07 bits per heavy atom. The second kappa shape index (κ2) is 5.20. The van der Waals surface area contributed by atoms with Gasteiger partial charge in [0.2, 0.25) is 0 Å². The van der Waals surface area contributed by atoms with Gasteiger partial charge in [-0.05, 0) is 25.7 Å². The fraction of sp³-hybridized carbons (Fsp3) is 0.769. The van der Waals surface area contributed by atoms with Crippen LogP contribution in [0.1, 0.15) is 58.3 Å². The van der Waals surface area contributed by atoms with Gasteiger partial charge in [0.1, 0.15) is 5.78 Å². The molecule has 0 saturated heterocycles. The van der Waals surface area contributed by atoms with Crippen LogP contribution < -0.4 is 0 Å². The van der Waals surface area contributed by atoms with Crippen LogP contribution >= 0.6 is 0 Å². The largest absolute Gasteiger partial charge is 0.299 e. The van der Waals surface area contributed by atoms with Gasteiger partial charge in [0.05, 0.1) is 0 Å². The molecule has 0 atom stereocenters. The maximum absolute atomic E-state index is 12.0. The third-order valence-corrected chi connectivity index (χ3v) is 3.55. The van der Waals surface area contributed by atoms with Gasteiger partial charge in [-0.15, -0.1) is 12.3 Å². The zero-order valence-electron chi connectivity index (χ0n) is 9.14. The Morgan fingerprint density at radius 3 is 2.57 bits per heavy atom. The predicted molar refractivity (Wildman–Crippen MR) is 58.9 cm³/mol. The number of ketones is 1. The maximum atomic E-state index is 12.0. The van der Waals surface area contributed by atoms with E-state index in [0.717, 1.165) is 32.1 Å². The number of unbranched alkanes of at least 4 members (excludes halogenated alkanes) is 1. The topological polar surface area (TPSA) is 17.1 Å². The molecule has 0 unspecified atom stereocenters. The number of rotatable bonds is 5. The minimum absolute atomic E-state index is 0.0363. The van der Waals surface area contributed by atoms with Crippen molar-refractivity contribution in [3.8, 4) is 12.3 Å². The summed E-state index contributed by atoms with van der Waals surface area (Å²) in [6.45, 7) is 2.14. The van der Waals surface area contributed by atoms with Crippen LogP contribution in [0, 0.1) is 17.8 Å². The van der Waals surface area contributed by atoms with Crippen molar-refractivity contribution in [2.24, 2.45) is 5.41 Å². The summed E-state index contributed by atoms with van der Waals surface area (Å²) in [5, 5.41) is 0. The van der Waals surface area contributed by atoms with Crippen LogP contribution in [0.2, 0.25) is 0 Å². The fourth-order valence-electron chi connectivity index (χ4n) is 2.50. The minimum Gasteiger partial charge on any atom is -0.299 e. The lowest BCUT2D eigenvalue weighted by atomic mass is 9.77. The Balaban J connectivity index is 2.44. The highest BCUT2D eigenvalue weighted by Gasteiger charge is 2.37. The highest BCUT2D eigenvalue weighted by Crippen LogP contribution is 2.42. The molecule has 0 aliphatic heterocycles. The van der Waals surface area contributed by atoms with Crippen molar-refractivity contribution in [2.45, 2.75) is 58.3 Å². The molecule has 0 bridgehead atoms. The Bertz CT molecular complexity index is 228.